The molecule has 1 aliphatic heterocycles. The molecular formula is C12H19IO2. The first-order chi connectivity index (χ1) is 7.35. The molecule has 1 saturated heterocycles. The number of hydrogen-bond acceptors (Lipinski definition) is 2. The Labute approximate surface area is 106 Å². The Bertz CT molecular complexity index is 218. The summed E-state index contributed by atoms with van der Waals surface area (Å²) in [4.78, 5) is 0. The Morgan fingerprint density at radius 2 is 2.20 bits per heavy atom. The van der Waals surface area contributed by atoms with E-state index >= 15 is 0 Å². The molecule has 1 heterocycles. The van der Waals surface area contributed by atoms with E-state index in [0.29, 0.717) is 0 Å². The largest absolute Gasteiger partial charge is 0.353 e. The van der Waals surface area contributed by atoms with E-state index in [4.69, 9.17) is 9.47 Å². The summed E-state index contributed by atoms with van der Waals surface area (Å²) < 4.78 is 13.9. The smallest absolute Gasteiger partial charge is 0.158 e. The monoisotopic (exact) mass is 322 g/mol. The minimum absolute atomic E-state index is 0.0710. The molecule has 2 fully saturated rings. The van der Waals surface area contributed by atoms with Crippen LogP contribution in [0.4, 0.5) is 0 Å². The summed E-state index contributed by atoms with van der Waals surface area (Å²) in [7, 11) is 0. The summed E-state index contributed by atoms with van der Waals surface area (Å²) in [6, 6.07) is 0. The molecule has 0 aromatic heterocycles. The first kappa shape index (κ1) is 11.9. The predicted octanol–water partition coefficient (Wildman–Crippen LogP) is 3.79. The minimum atomic E-state index is 0.0710. The van der Waals surface area contributed by atoms with E-state index in [9.17, 15) is 0 Å². The first-order valence-electron chi connectivity index (χ1n) is 5.89. The normalized spacial score (nSPS) is 30.3. The summed E-state index contributed by atoms with van der Waals surface area (Å²) in [5.41, 5.74) is 0.115. The van der Waals surface area contributed by atoms with Crippen LogP contribution in [0.15, 0.2) is 10.2 Å². The number of rotatable bonds is 4. The van der Waals surface area contributed by atoms with Crippen LogP contribution in [0.3, 0.4) is 0 Å². The third kappa shape index (κ3) is 3.17. The van der Waals surface area contributed by atoms with Gasteiger partial charge in [-0.25, -0.2) is 0 Å². The van der Waals surface area contributed by atoms with Crippen LogP contribution >= 0.6 is 22.6 Å². The molecule has 1 saturated carbocycles. The van der Waals surface area contributed by atoms with Gasteiger partial charge in [-0.2, -0.15) is 0 Å². The van der Waals surface area contributed by atoms with Crippen LogP contribution in [0, 0.1) is 0 Å². The minimum Gasteiger partial charge on any atom is -0.353 e. The third-order valence-electron chi connectivity index (χ3n) is 3.36. The van der Waals surface area contributed by atoms with Gasteiger partial charge < -0.3 is 9.47 Å². The maximum atomic E-state index is 6.14. The zero-order valence-corrected chi connectivity index (χ0v) is 11.2. The Morgan fingerprint density at radius 3 is 2.73 bits per heavy atom. The van der Waals surface area contributed by atoms with Gasteiger partial charge in [-0.15, -0.1) is 0 Å². The lowest BCUT2D eigenvalue weighted by Gasteiger charge is -2.44. The lowest BCUT2D eigenvalue weighted by molar-refractivity contribution is -0.245. The van der Waals surface area contributed by atoms with Crippen LogP contribution in [-0.4, -0.2) is 18.5 Å². The van der Waals surface area contributed by atoms with Crippen LogP contribution in [0.1, 0.15) is 44.9 Å². The highest BCUT2D eigenvalue weighted by Crippen LogP contribution is 2.41. The van der Waals surface area contributed by atoms with Gasteiger partial charge in [-0.3, -0.25) is 0 Å². The van der Waals surface area contributed by atoms with Crippen LogP contribution < -0.4 is 0 Å². The van der Waals surface area contributed by atoms with E-state index in [0.717, 1.165) is 19.4 Å². The van der Waals surface area contributed by atoms with E-state index in [-0.39, 0.29) is 11.9 Å². The molecule has 0 bridgehead atoms. The zero-order chi connectivity index (χ0) is 10.6. The average Bonchev–Trinajstić information content (AvgIpc) is 2.23. The molecule has 86 valence electrons. The van der Waals surface area contributed by atoms with E-state index < -0.39 is 0 Å². The van der Waals surface area contributed by atoms with Crippen molar-refractivity contribution in [1.82, 2.24) is 0 Å². The topological polar surface area (TPSA) is 18.5 Å². The fraction of sp³-hybridized carbons (Fsp3) is 0.833. The van der Waals surface area contributed by atoms with Crippen LogP contribution in [-0.2, 0) is 9.47 Å². The van der Waals surface area contributed by atoms with Gasteiger partial charge in [0.15, 0.2) is 6.29 Å². The summed E-state index contributed by atoms with van der Waals surface area (Å²) in [6.45, 7) is 0.878. The van der Waals surface area contributed by atoms with Crippen LogP contribution in [0.25, 0.3) is 0 Å². The fourth-order valence-electron chi connectivity index (χ4n) is 2.28. The Hall–Kier alpha value is 0.390. The van der Waals surface area contributed by atoms with Crippen molar-refractivity contribution in [3.8, 4) is 0 Å². The van der Waals surface area contributed by atoms with Crippen molar-refractivity contribution in [2.75, 3.05) is 6.61 Å². The summed E-state index contributed by atoms with van der Waals surface area (Å²) in [5, 5.41) is 0. The van der Waals surface area contributed by atoms with Gasteiger partial charge in [0, 0.05) is 6.61 Å². The quantitative estimate of drug-likeness (QED) is 0.733. The molecule has 0 aromatic carbocycles. The van der Waals surface area contributed by atoms with Crippen molar-refractivity contribution in [2.24, 2.45) is 0 Å². The molecule has 15 heavy (non-hydrogen) atoms. The van der Waals surface area contributed by atoms with Gasteiger partial charge in [0.25, 0.3) is 0 Å². The van der Waals surface area contributed by atoms with Gasteiger partial charge in [0.2, 0.25) is 0 Å². The summed E-state index contributed by atoms with van der Waals surface area (Å²) >= 11 is 2.27. The highest BCUT2D eigenvalue weighted by atomic mass is 127. The molecule has 0 spiro atoms. The molecule has 2 aliphatic rings. The van der Waals surface area contributed by atoms with E-state index in [2.05, 4.69) is 32.7 Å². The third-order valence-corrected chi connectivity index (χ3v) is 3.87. The van der Waals surface area contributed by atoms with Gasteiger partial charge in [-0.05, 0) is 49.0 Å². The van der Waals surface area contributed by atoms with Gasteiger partial charge in [-0.1, -0.05) is 28.7 Å². The van der Waals surface area contributed by atoms with E-state index in [1.165, 1.54) is 32.1 Å². The number of ether oxygens (including phenoxy) is 2. The lowest BCUT2D eigenvalue weighted by Crippen LogP contribution is -2.44. The Balaban J connectivity index is 1.83. The molecule has 1 unspecified atom stereocenters. The summed E-state index contributed by atoms with van der Waals surface area (Å²) in [5.74, 6) is 0. The van der Waals surface area contributed by atoms with Gasteiger partial charge in [0.05, 0.1) is 5.60 Å². The molecule has 0 N–H and O–H groups in total. The molecule has 3 heteroatoms. The second-order valence-electron chi connectivity index (χ2n) is 4.52. The molecule has 0 radical (unpaired) electrons. The number of halogens is 1. The SMILES string of the molecule is IC=CCC1(OC2CCCCO2)CCC1. The summed E-state index contributed by atoms with van der Waals surface area (Å²) in [6.07, 6.45) is 10.6. The van der Waals surface area contributed by atoms with Gasteiger partial charge in [0.1, 0.15) is 0 Å². The highest BCUT2D eigenvalue weighted by Gasteiger charge is 2.39. The molecule has 2 nitrogen and oxygen atoms in total. The maximum Gasteiger partial charge on any atom is 0.158 e. The number of hydrogen-bond donors (Lipinski definition) is 0. The van der Waals surface area contributed by atoms with E-state index in [1.807, 2.05) is 0 Å². The van der Waals surface area contributed by atoms with Crippen molar-refractivity contribution in [3.05, 3.63) is 10.2 Å². The zero-order valence-electron chi connectivity index (χ0n) is 9.08. The maximum absolute atomic E-state index is 6.14. The Morgan fingerprint density at radius 1 is 1.33 bits per heavy atom. The van der Waals surface area contributed by atoms with E-state index in [1.54, 1.807) is 0 Å². The molecule has 0 amide bonds. The molecule has 0 aromatic rings. The van der Waals surface area contributed by atoms with Crippen LogP contribution in [0.5, 0.6) is 0 Å². The van der Waals surface area contributed by atoms with Crippen molar-refractivity contribution >= 4 is 22.6 Å². The lowest BCUT2D eigenvalue weighted by atomic mass is 9.77. The van der Waals surface area contributed by atoms with Crippen molar-refractivity contribution < 1.29 is 9.47 Å². The van der Waals surface area contributed by atoms with Crippen LogP contribution in [0.2, 0.25) is 0 Å². The fourth-order valence-corrected chi connectivity index (χ4v) is 2.54. The molecule has 1 aliphatic carbocycles. The standard InChI is InChI=1S/C12H19IO2/c13-9-4-8-12(6-3-7-12)15-11-5-1-2-10-14-11/h4,9,11H,1-3,5-8,10H2. The molecule has 2 rings (SSSR count). The predicted molar refractivity (Wildman–Crippen MR) is 69.0 cm³/mol. The molecular weight excluding hydrogens is 303 g/mol. The van der Waals surface area contributed by atoms with Crippen molar-refractivity contribution in [3.63, 3.8) is 0 Å². The Kier molecular flexibility index (Phi) is 4.46. The molecule has 1 atom stereocenters. The first-order valence-corrected chi connectivity index (χ1v) is 7.14. The van der Waals surface area contributed by atoms with Crippen molar-refractivity contribution in [1.29, 1.82) is 0 Å². The van der Waals surface area contributed by atoms with Gasteiger partial charge >= 0.3 is 0 Å². The van der Waals surface area contributed by atoms with Crippen molar-refractivity contribution in [2.45, 2.75) is 56.8 Å². The second-order valence-corrected chi connectivity index (χ2v) is 5.24. The second kappa shape index (κ2) is 5.64. The average molecular weight is 322 g/mol. The highest BCUT2D eigenvalue weighted by molar-refractivity contribution is 14.1.